The average Bonchev–Trinajstić information content (AvgIpc) is 2.60. The van der Waals surface area contributed by atoms with E-state index in [1.165, 1.54) is 4.90 Å². The van der Waals surface area contributed by atoms with Gasteiger partial charge in [0.25, 0.3) is 0 Å². The van der Waals surface area contributed by atoms with Gasteiger partial charge in [0.15, 0.2) is 0 Å². The Hall–Kier alpha value is -1.79. The number of carbonyl (C=O) groups excluding carboxylic acids is 1. The summed E-state index contributed by atoms with van der Waals surface area (Å²) in [4.78, 5) is 14.7. The minimum absolute atomic E-state index is 0.00375. The molecule has 6 heteroatoms. The third kappa shape index (κ3) is 5.88. The molecule has 1 aliphatic heterocycles. The topological polar surface area (TPSA) is 63.4 Å². The summed E-state index contributed by atoms with van der Waals surface area (Å²) in [7, 11) is 0. The largest absolute Gasteiger partial charge is 0.490 e. The normalized spacial score (nSPS) is 17.0. The molecule has 2 N–H and O–H groups in total. The molecule has 146 valence electrons. The molecule has 1 aromatic carbocycles. The monoisotopic (exact) mass is 365 g/mol. The Labute approximate surface area is 156 Å². The summed E-state index contributed by atoms with van der Waals surface area (Å²) in [6.45, 7) is 12.5. The van der Waals surface area contributed by atoms with Gasteiger partial charge in [-0.05, 0) is 24.0 Å². The molecule has 2 rings (SSSR count). The van der Waals surface area contributed by atoms with Gasteiger partial charge in [-0.15, -0.1) is 0 Å². The second-order valence-corrected chi connectivity index (χ2v) is 7.85. The Balaban J connectivity index is 1.79. The predicted molar refractivity (Wildman–Crippen MR) is 101 cm³/mol. The van der Waals surface area contributed by atoms with E-state index < -0.39 is 6.10 Å². The molecule has 1 aliphatic rings. The molecule has 1 heterocycles. The number of ether oxygens (including phenoxy) is 2. The summed E-state index contributed by atoms with van der Waals surface area (Å²) in [6.07, 6.45) is -0.776. The van der Waals surface area contributed by atoms with E-state index in [-0.39, 0.29) is 18.1 Å². The van der Waals surface area contributed by atoms with E-state index in [1.807, 2.05) is 25.1 Å². The van der Waals surface area contributed by atoms with Crippen molar-refractivity contribution in [2.45, 2.75) is 39.2 Å². The van der Waals surface area contributed by atoms with Crippen molar-refractivity contribution in [3.63, 3.8) is 0 Å². The highest BCUT2D eigenvalue weighted by molar-refractivity contribution is 5.67. The van der Waals surface area contributed by atoms with Gasteiger partial charge < -0.3 is 19.5 Å². The minimum atomic E-state index is -0.535. The van der Waals surface area contributed by atoms with Gasteiger partial charge in [-0.1, -0.05) is 39.0 Å². The van der Waals surface area contributed by atoms with Crippen LogP contribution in [0.15, 0.2) is 24.3 Å². The van der Waals surface area contributed by atoms with Crippen LogP contribution in [-0.2, 0) is 10.2 Å². The molecule has 0 saturated carbocycles. The summed E-state index contributed by atoms with van der Waals surface area (Å²) in [5, 5.41) is 10.4. The van der Waals surface area contributed by atoms with Gasteiger partial charge in [-0.2, -0.15) is 0 Å². The number of rotatable bonds is 6. The molecule has 1 amide bonds. The lowest BCUT2D eigenvalue weighted by Crippen LogP contribution is -3.16. The van der Waals surface area contributed by atoms with E-state index in [1.54, 1.807) is 4.90 Å². The number of hydrogen-bond acceptors (Lipinski definition) is 4. The fourth-order valence-electron chi connectivity index (χ4n) is 3.21. The maximum atomic E-state index is 11.7. The molecule has 6 nitrogen and oxygen atoms in total. The molecule has 0 spiro atoms. The van der Waals surface area contributed by atoms with Gasteiger partial charge in [0.1, 0.15) is 25.0 Å². The Kier molecular flexibility index (Phi) is 7.29. The Bertz CT molecular complexity index is 577. The maximum absolute atomic E-state index is 11.7. The van der Waals surface area contributed by atoms with E-state index in [9.17, 15) is 9.90 Å². The van der Waals surface area contributed by atoms with Gasteiger partial charge in [0.05, 0.1) is 32.8 Å². The number of piperazine rings is 1. The van der Waals surface area contributed by atoms with Crippen molar-refractivity contribution in [1.29, 1.82) is 0 Å². The molecule has 0 aliphatic carbocycles. The third-order valence-corrected chi connectivity index (χ3v) is 4.65. The van der Waals surface area contributed by atoms with Crippen molar-refractivity contribution < 1.29 is 24.3 Å². The molecule has 26 heavy (non-hydrogen) atoms. The lowest BCUT2D eigenvalue weighted by molar-refractivity contribution is -0.907. The zero-order chi connectivity index (χ0) is 19.2. The zero-order valence-corrected chi connectivity index (χ0v) is 16.5. The number of quaternary nitrogens is 1. The van der Waals surface area contributed by atoms with Crippen LogP contribution in [0.2, 0.25) is 0 Å². The van der Waals surface area contributed by atoms with Gasteiger partial charge in [-0.25, -0.2) is 4.79 Å². The maximum Gasteiger partial charge on any atom is 0.410 e. The summed E-state index contributed by atoms with van der Waals surface area (Å²) in [6, 6.07) is 7.99. The quantitative estimate of drug-likeness (QED) is 0.792. The van der Waals surface area contributed by atoms with E-state index in [2.05, 4.69) is 26.8 Å². The van der Waals surface area contributed by atoms with Crippen LogP contribution < -0.4 is 9.64 Å². The molecule has 0 aromatic heterocycles. The highest BCUT2D eigenvalue weighted by Gasteiger charge is 2.26. The summed E-state index contributed by atoms with van der Waals surface area (Å²) < 4.78 is 10.9. The van der Waals surface area contributed by atoms with Crippen LogP contribution in [0.4, 0.5) is 4.79 Å². The molecule has 0 unspecified atom stereocenters. The van der Waals surface area contributed by atoms with Gasteiger partial charge in [0, 0.05) is 0 Å². The second-order valence-electron chi connectivity index (χ2n) is 7.85. The number of amides is 1. The van der Waals surface area contributed by atoms with Crippen molar-refractivity contribution >= 4 is 6.09 Å². The standard InChI is InChI=1S/C20H32N2O4/c1-5-25-19(24)22-12-10-21(11-13-22)14-16(23)15-26-18-9-7-6-8-17(18)20(2,3)4/h6-9,16,23H,5,10-15H2,1-4H3/p+1/t16-/m1/s1. The summed E-state index contributed by atoms with van der Waals surface area (Å²) in [5.74, 6) is 0.834. The molecule has 0 bridgehead atoms. The molecular formula is C20H33N2O4+. The van der Waals surface area contributed by atoms with Crippen molar-refractivity contribution in [3.8, 4) is 5.75 Å². The van der Waals surface area contributed by atoms with Crippen LogP contribution in [0.25, 0.3) is 0 Å². The van der Waals surface area contributed by atoms with Crippen molar-refractivity contribution in [3.05, 3.63) is 29.8 Å². The highest BCUT2D eigenvalue weighted by Crippen LogP contribution is 2.30. The molecule has 1 saturated heterocycles. The zero-order valence-electron chi connectivity index (χ0n) is 16.5. The number of nitrogens with zero attached hydrogens (tertiary/aromatic N) is 1. The van der Waals surface area contributed by atoms with Crippen LogP contribution in [0.1, 0.15) is 33.3 Å². The SMILES string of the molecule is CCOC(=O)N1CC[NH+](C[C@@H](O)COc2ccccc2C(C)(C)C)CC1. The van der Waals surface area contributed by atoms with E-state index >= 15 is 0 Å². The van der Waals surface area contributed by atoms with Gasteiger partial charge in [0.2, 0.25) is 0 Å². The smallest absolute Gasteiger partial charge is 0.410 e. The number of nitrogens with one attached hydrogen (secondary N) is 1. The summed E-state index contributed by atoms with van der Waals surface area (Å²) in [5.41, 5.74) is 1.14. The van der Waals surface area contributed by atoms with Gasteiger partial charge >= 0.3 is 6.09 Å². The predicted octanol–water partition coefficient (Wildman–Crippen LogP) is 1.08. The van der Waals surface area contributed by atoms with Crippen molar-refractivity contribution in [2.75, 3.05) is 45.9 Å². The Morgan fingerprint density at radius 1 is 1.27 bits per heavy atom. The third-order valence-electron chi connectivity index (χ3n) is 4.65. The molecular weight excluding hydrogens is 332 g/mol. The Morgan fingerprint density at radius 2 is 1.92 bits per heavy atom. The molecule has 1 aromatic rings. The van der Waals surface area contributed by atoms with Crippen LogP contribution >= 0.6 is 0 Å². The first-order valence-electron chi connectivity index (χ1n) is 9.47. The lowest BCUT2D eigenvalue weighted by atomic mass is 9.86. The fraction of sp³-hybridized carbons (Fsp3) is 0.650. The minimum Gasteiger partial charge on any atom is -0.490 e. The van der Waals surface area contributed by atoms with Crippen molar-refractivity contribution in [2.24, 2.45) is 0 Å². The van der Waals surface area contributed by atoms with Crippen LogP contribution in [0, 0.1) is 0 Å². The van der Waals surface area contributed by atoms with Crippen LogP contribution in [0.5, 0.6) is 5.75 Å². The molecule has 1 atom stereocenters. The highest BCUT2D eigenvalue weighted by atomic mass is 16.6. The first-order chi connectivity index (χ1) is 12.3. The van der Waals surface area contributed by atoms with Crippen molar-refractivity contribution in [1.82, 2.24) is 4.90 Å². The number of benzene rings is 1. The number of carbonyl (C=O) groups is 1. The number of hydrogen-bond donors (Lipinski definition) is 2. The van der Waals surface area contributed by atoms with Crippen LogP contribution in [-0.4, -0.2) is 68.1 Å². The van der Waals surface area contributed by atoms with Crippen LogP contribution in [0.3, 0.4) is 0 Å². The Morgan fingerprint density at radius 3 is 2.54 bits per heavy atom. The van der Waals surface area contributed by atoms with Gasteiger partial charge in [-0.3, -0.25) is 4.90 Å². The van der Waals surface area contributed by atoms with E-state index in [4.69, 9.17) is 9.47 Å². The first kappa shape index (κ1) is 20.5. The first-order valence-corrected chi connectivity index (χ1v) is 9.47. The molecule has 1 fully saturated rings. The second kappa shape index (κ2) is 9.24. The average molecular weight is 365 g/mol. The summed E-state index contributed by atoms with van der Waals surface area (Å²) >= 11 is 0. The number of aliphatic hydroxyl groups excluding tert-OH is 1. The number of aliphatic hydroxyl groups is 1. The van der Waals surface area contributed by atoms with E-state index in [0.717, 1.165) is 24.4 Å². The number of para-hydroxylation sites is 1. The fourth-order valence-corrected chi connectivity index (χ4v) is 3.21. The molecule has 0 radical (unpaired) electrons. The van der Waals surface area contributed by atoms with E-state index in [0.29, 0.717) is 26.2 Å². The lowest BCUT2D eigenvalue weighted by Gasteiger charge is -2.32.